The molecule has 4 nitrogen and oxygen atoms in total. The van der Waals surface area contributed by atoms with Gasteiger partial charge >= 0.3 is 0 Å². The molecule has 0 saturated heterocycles. The third kappa shape index (κ3) is 4.48. The van der Waals surface area contributed by atoms with Crippen LogP contribution in [-0.4, -0.2) is 40.2 Å². The molecule has 1 aromatic rings. The summed E-state index contributed by atoms with van der Waals surface area (Å²) in [6.45, 7) is 0.0545. The van der Waals surface area contributed by atoms with Crippen LogP contribution in [0.25, 0.3) is 0 Å². The second-order valence-corrected chi connectivity index (χ2v) is 6.07. The van der Waals surface area contributed by atoms with Crippen LogP contribution in [0.2, 0.25) is 0 Å². The summed E-state index contributed by atoms with van der Waals surface area (Å²) in [5.41, 5.74) is 1.18. The Labute approximate surface area is 129 Å². The van der Waals surface area contributed by atoms with Crippen molar-refractivity contribution in [3.05, 3.63) is 29.6 Å². The number of carbonyl (C=O) groups excluding carboxylic acids is 1. The van der Waals surface area contributed by atoms with Crippen molar-refractivity contribution >= 4 is 17.7 Å². The van der Waals surface area contributed by atoms with Gasteiger partial charge in [-0.3, -0.25) is 4.79 Å². The molecule has 1 aromatic heterocycles. The van der Waals surface area contributed by atoms with Gasteiger partial charge in [0.2, 0.25) is 0 Å². The van der Waals surface area contributed by atoms with Crippen LogP contribution in [0, 0.1) is 11.8 Å². The number of thioether (sulfide) groups is 1. The number of aliphatic hydroxyl groups excluding tert-OH is 1. The number of nitrogens with one attached hydrogen (secondary N) is 1. The third-order valence-electron chi connectivity index (χ3n) is 3.54. The average molecular weight is 304 g/mol. The average Bonchev–Trinajstić information content (AvgIpc) is 2.95. The molecule has 2 rings (SSSR count). The molecule has 5 heteroatoms. The van der Waals surface area contributed by atoms with Crippen LogP contribution in [0.1, 0.15) is 41.7 Å². The summed E-state index contributed by atoms with van der Waals surface area (Å²) in [5.74, 6) is 5.61. The standard InChI is InChI=1S/C16H20N2O2S/c1-21-15-7-4-6-13(15)18-16(20)14-9-8-12(11-17-14)5-2-3-10-19/h8-9,11,13,15,19H,3-4,6-7,10H2,1H3,(H,18,20). The monoisotopic (exact) mass is 304 g/mol. The molecule has 2 unspecified atom stereocenters. The van der Waals surface area contributed by atoms with Gasteiger partial charge in [0.15, 0.2) is 0 Å². The highest BCUT2D eigenvalue weighted by Crippen LogP contribution is 2.28. The Kier molecular flexibility index (Phi) is 6.09. The number of hydrogen-bond donors (Lipinski definition) is 2. The van der Waals surface area contributed by atoms with Crippen LogP contribution in [0.3, 0.4) is 0 Å². The van der Waals surface area contributed by atoms with Crippen LogP contribution in [0.4, 0.5) is 0 Å². The molecule has 1 fully saturated rings. The fourth-order valence-electron chi connectivity index (χ4n) is 2.44. The summed E-state index contributed by atoms with van der Waals surface area (Å²) in [4.78, 5) is 16.3. The summed E-state index contributed by atoms with van der Waals surface area (Å²) in [6, 6.07) is 3.73. The lowest BCUT2D eigenvalue weighted by Gasteiger charge is -2.18. The van der Waals surface area contributed by atoms with Crippen LogP contribution in [-0.2, 0) is 0 Å². The number of nitrogens with zero attached hydrogens (tertiary/aromatic N) is 1. The van der Waals surface area contributed by atoms with E-state index in [1.165, 1.54) is 12.8 Å². The molecule has 1 aliphatic carbocycles. The topological polar surface area (TPSA) is 62.2 Å². The fraction of sp³-hybridized carbons (Fsp3) is 0.500. The van der Waals surface area contributed by atoms with Gasteiger partial charge < -0.3 is 10.4 Å². The van der Waals surface area contributed by atoms with Gasteiger partial charge in [-0.05, 0) is 31.2 Å². The van der Waals surface area contributed by atoms with Crippen molar-refractivity contribution in [2.45, 2.75) is 37.0 Å². The number of amides is 1. The maximum Gasteiger partial charge on any atom is 0.270 e. The normalized spacial score (nSPS) is 20.7. The molecule has 1 saturated carbocycles. The zero-order valence-corrected chi connectivity index (χ0v) is 12.9. The van der Waals surface area contributed by atoms with E-state index in [1.807, 2.05) is 11.8 Å². The van der Waals surface area contributed by atoms with E-state index in [4.69, 9.17) is 5.11 Å². The first-order chi connectivity index (χ1) is 10.2. The predicted octanol–water partition coefficient (Wildman–Crippen LogP) is 1.83. The molecular formula is C16H20N2O2S. The van der Waals surface area contributed by atoms with Gasteiger partial charge in [-0.1, -0.05) is 18.3 Å². The van der Waals surface area contributed by atoms with Gasteiger partial charge in [0.25, 0.3) is 5.91 Å². The van der Waals surface area contributed by atoms with Crippen molar-refractivity contribution in [1.29, 1.82) is 0 Å². The molecule has 2 atom stereocenters. The third-order valence-corrected chi connectivity index (χ3v) is 4.71. The number of aromatic nitrogens is 1. The molecule has 21 heavy (non-hydrogen) atoms. The van der Waals surface area contributed by atoms with E-state index in [0.717, 1.165) is 12.0 Å². The van der Waals surface area contributed by atoms with Gasteiger partial charge in [-0.25, -0.2) is 4.98 Å². The smallest absolute Gasteiger partial charge is 0.270 e. The highest BCUT2D eigenvalue weighted by molar-refractivity contribution is 7.99. The van der Waals surface area contributed by atoms with E-state index in [9.17, 15) is 4.79 Å². The Bertz CT molecular complexity index is 533. The Balaban J connectivity index is 1.95. The number of pyridine rings is 1. The summed E-state index contributed by atoms with van der Waals surface area (Å²) in [5, 5.41) is 12.3. The molecule has 2 N–H and O–H groups in total. The minimum absolute atomic E-state index is 0.0545. The lowest BCUT2D eigenvalue weighted by molar-refractivity contribution is 0.0933. The maximum absolute atomic E-state index is 12.2. The summed E-state index contributed by atoms with van der Waals surface area (Å²) in [6.07, 6.45) is 7.51. The molecule has 1 amide bonds. The zero-order chi connectivity index (χ0) is 15.1. The van der Waals surface area contributed by atoms with E-state index in [0.29, 0.717) is 17.4 Å². The number of aliphatic hydroxyl groups is 1. The molecule has 0 spiro atoms. The molecule has 1 heterocycles. The second kappa shape index (κ2) is 8.06. The van der Waals surface area contributed by atoms with Crippen LogP contribution < -0.4 is 5.32 Å². The van der Waals surface area contributed by atoms with Gasteiger partial charge in [-0.2, -0.15) is 11.8 Å². The Morgan fingerprint density at radius 3 is 3.05 bits per heavy atom. The SMILES string of the molecule is CSC1CCCC1NC(=O)c1ccc(C#CCCO)cn1. The lowest BCUT2D eigenvalue weighted by Crippen LogP contribution is -2.38. The van der Waals surface area contributed by atoms with Gasteiger partial charge in [-0.15, -0.1) is 0 Å². The van der Waals surface area contributed by atoms with Crippen molar-refractivity contribution in [3.8, 4) is 11.8 Å². The van der Waals surface area contributed by atoms with E-state index in [-0.39, 0.29) is 18.6 Å². The highest BCUT2D eigenvalue weighted by atomic mass is 32.2. The first-order valence-corrected chi connectivity index (χ1v) is 8.43. The van der Waals surface area contributed by atoms with Gasteiger partial charge in [0, 0.05) is 29.5 Å². The van der Waals surface area contributed by atoms with Crippen LogP contribution >= 0.6 is 11.8 Å². The molecule has 112 valence electrons. The van der Waals surface area contributed by atoms with E-state index in [2.05, 4.69) is 28.4 Å². The fourth-order valence-corrected chi connectivity index (χ4v) is 3.37. The summed E-state index contributed by atoms with van der Waals surface area (Å²) >= 11 is 1.82. The Hall–Kier alpha value is -1.51. The Morgan fingerprint density at radius 2 is 2.38 bits per heavy atom. The molecular weight excluding hydrogens is 284 g/mol. The molecule has 1 aliphatic rings. The van der Waals surface area contributed by atoms with E-state index < -0.39 is 0 Å². The molecule has 0 bridgehead atoms. The first kappa shape index (κ1) is 15.9. The predicted molar refractivity (Wildman–Crippen MR) is 85.2 cm³/mol. The molecule has 0 radical (unpaired) electrons. The minimum Gasteiger partial charge on any atom is -0.395 e. The number of hydrogen-bond acceptors (Lipinski definition) is 4. The van der Waals surface area contributed by atoms with Crippen molar-refractivity contribution in [2.75, 3.05) is 12.9 Å². The summed E-state index contributed by atoms with van der Waals surface area (Å²) in [7, 11) is 0. The van der Waals surface area contributed by atoms with Crippen molar-refractivity contribution < 1.29 is 9.90 Å². The zero-order valence-electron chi connectivity index (χ0n) is 12.1. The summed E-state index contributed by atoms with van der Waals surface area (Å²) < 4.78 is 0. The van der Waals surface area contributed by atoms with Gasteiger partial charge in [0.05, 0.1) is 6.61 Å². The molecule has 0 aromatic carbocycles. The van der Waals surface area contributed by atoms with Crippen molar-refractivity contribution in [3.63, 3.8) is 0 Å². The number of carbonyl (C=O) groups is 1. The van der Waals surface area contributed by atoms with Crippen molar-refractivity contribution in [2.24, 2.45) is 0 Å². The van der Waals surface area contributed by atoms with E-state index in [1.54, 1.807) is 18.3 Å². The minimum atomic E-state index is -0.115. The van der Waals surface area contributed by atoms with E-state index >= 15 is 0 Å². The molecule has 0 aliphatic heterocycles. The van der Waals surface area contributed by atoms with Gasteiger partial charge in [0.1, 0.15) is 5.69 Å². The number of rotatable bonds is 4. The highest BCUT2D eigenvalue weighted by Gasteiger charge is 2.28. The lowest BCUT2D eigenvalue weighted by atomic mass is 10.2. The quantitative estimate of drug-likeness (QED) is 0.833. The Morgan fingerprint density at radius 1 is 1.52 bits per heavy atom. The van der Waals surface area contributed by atoms with Crippen LogP contribution in [0.15, 0.2) is 18.3 Å². The first-order valence-electron chi connectivity index (χ1n) is 7.14. The largest absolute Gasteiger partial charge is 0.395 e. The van der Waals surface area contributed by atoms with Crippen molar-refractivity contribution in [1.82, 2.24) is 10.3 Å². The van der Waals surface area contributed by atoms with Crippen LogP contribution in [0.5, 0.6) is 0 Å². The second-order valence-electron chi connectivity index (χ2n) is 4.99. The maximum atomic E-state index is 12.2.